The number of H-pyrrole nitrogens is 1. The normalized spacial score (nSPS) is 13.2. The van der Waals surface area contributed by atoms with Crippen molar-refractivity contribution in [1.82, 2.24) is 25.6 Å². The first kappa shape index (κ1) is 27.1. The SMILES string of the molecule is Cc1cc(C)c(CNC(=O)c2cc(-c3ccc(N4CCNCC4)nc3)cc(OCc3ccccn3)c2C)c(=O)[nH]1. The molecule has 9 nitrogen and oxygen atoms in total. The van der Waals surface area contributed by atoms with Crippen LogP contribution in [-0.2, 0) is 13.2 Å². The zero-order valence-corrected chi connectivity index (χ0v) is 23.1. The van der Waals surface area contributed by atoms with E-state index in [-0.39, 0.29) is 24.6 Å². The van der Waals surface area contributed by atoms with Gasteiger partial charge in [-0.3, -0.25) is 14.6 Å². The molecule has 0 aliphatic carbocycles. The molecular weight excluding hydrogens is 504 g/mol. The molecule has 0 unspecified atom stereocenters. The number of hydrogen-bond acceptors (Lipinski definition) is 7. The maximum absolute atomic E-state index is 13.5. The Labute approximate surface area is 233 Å². The Morgan fingerprint density at radius 2 is 1.85 bits per heavy atom. The highest BCUT2D eigenvalue weighted by Crippen LogP contribution is 2.31. The molecule has 1 aromatic carbocycles. The molecule has 206 valence electrons. The molecule has 5 rings (SSSR count). The predicted molar refractivity (Wildman–Crippen MR) is 156 cm³/mol. The van der Waals surface area contributed by atoms with Crippen LogP contribution < -0.4 is 25.8 Å². The van der Waals surface area contributed by atoms with Gasteiger partial charge in [0.05, 0.1) is 5.69 Å². The number of benzene rings is 1. The summed E-state index contributed by atoms with van der Waals surface area (Å²) in [4.78, 5) is 40.1. The molecule has 1 fully saturated rings. The Hall–Kier alpha value is -4.50. The molecule has 4 heterocycles. The smallest absolute Gasteiger partial charge is 0.253 e. The van der Waals surface area contributed by atoms with Gasteiger partial charge in [0.25, 0.3) is 11.5 Å². The molecular formula is C31H34N6O3. The maximum Gasteiger partial charge on any atom is 0.253 e. The molecule has 3 aromatic heterocycles. The van der Waals surface area contributed by atoms with E-state index < -0.39 is 0 Å². The summed E-state index contributed by atoms with van der Waals surface area (Å²) in [6.07, 6.45) is 3.56. The highest BCUT2D eigenvalue weighted by Gasteiger charge is 2.18. The molecule has 40 heavy (non-hydrogen) atoms. The Kier molecular flexibility index (Phi) is 8.21. The lowest BCUT2D eigenvalue weighted by molar-refractivity contribution is 0.0949. The van der Waals surface area contributed by atoms with Crippen LogP contribution in [0.5, 0.6) is 5.75 Å². The van der Waals surface area contributed by atoms with Crippen molar-refractivity contribution < 1.29 is 9.53 Å². The van der Waals surface area contributed by atoms with Crippen LogP contribution >= 0.6 is 0 Å². The Bertz CT molecular complexity index is 1540. The van der Waals surface area contributed by atoms with Gasteiger partial charge in [-0.15, -0.1) is 0 Å². The van der Waals surface area contributed by atoms with Gasteiger partial charge in [0.15, 0.2) is 0 Å². The minimum absolute atomic E-state index is 0.120. The topological polar surface area (TPSA) is 112 Å². The van der Waals surface area contributed by atoms with Gasteiger partial charge in [-0.05, 0) is 74.4 Å². The third kappa shape index (κ3) is 6.21. The van der Waals surface area contributed by atoms with Crippen molar-refractivity contribution in [2.75, 3.05) is 31.1 Å². The second kappa shape index (κ2) is 12.1. The van der Waals surface area contributed by atoms with Gasteiger partial charge in [0, 0.05) is 73.1 Å². The van der Waals surface area contributed by atoms with Crippen LogP contribution in [0.25, 0.3) is 11.1 Å². The molecule has 3 N–H and O–H groups in total. The number of aromatic amines is 1. The number of amides is 1. The molecule has 1 aliphatic heterocycles. The summed E-state index contributed by atoms with van der Waals surface area (Å²) in [7, 11) is 0. The summed E-state index contributed by atoms with van der Waals surface area (Å²) < 4.78 is 6.18. The summed E-state index contributed by atoms with van der Waals surface area (Å²) >= 11 is 0. The number of anilines is 1. The first-order valence-electron chi connectivity index (χ1n) is 13.5. The molecule has 9 heteroatoms. The van der Waals surface area contributed by atoms with Gasteiger partial charge in [0.2, 0.25) is 0 Å². The molecule has 0 spiro atoms. The minimum Gasteiger partial charge on any atom is -0.487 e. The number of carbonyl (C=O) groups is 1. The zero-order chi connectivity index (χ0) is 28.1. The summed E-state index contributed by atoms with van der Waals surface area (Å²) in [5.41, 5.74) is 5.62. The molecule has 4 aromatic rings. The van der Waals surface area contributed by atoms with Crippen LogP contribution in [0.2, 0.25) is 0 Å². The quantitative estimate of drug-likeness (QED) is 0.314. The summed E-state index contributed by atoms with van der Waals surface area (Å²) in [5.74, 6) is 1.23. The van der Waals surface area contributed by atoms with E-state index in [1.807, 2.05) is 75.5 Å². The highest BCUT2D eigenvalue weighted by molar-refractivity contribution is 5.97. The maximum atomic E-state index is 13.5. The van der Waals surface area contributed by atoms with E-state index in [4.69, 9.17) is 9.72 Å². The number of aromatic nitrogens is 3. The van der Waals surface area contributed by atoms with E-state index in [0.29, 0.717) is 22.4 Å². The Morgan fingerprint density at radius 1 is 1.02 bits per heavy atom. The van der Waals surface area contributed by atoms with Gasteiger partial charge in [-0.1, -0.05) is 6.07 Å². The number of nitrogens with zero attached hydrogens (tertiary/aromatic N) is 3. The number of hydrogen-bond donors (Lipinski definition) is 3. The third-order valence-corrected chi connectivity index (χ3v) is 7.15. The van der Waals surface area contributed by atoms with Gasteiger partial charge < -0.3 is 25.3 Å². The van der Waals surface area contributed by atoms with Crippen molar-refractivity contribution in [3.63, 3.8) is 0 Å². The molecule has 0 saturated carbocycles. The fraction of sp³-hybridized carbons (Fsp3) is 0.290. The minimum atomic E-state index is -0.285. The summed E-state index contributed by atoms with van der Waals surface area (Å²) in [5, 5.41) is 6.29. The standard InChI is InChI=1S/C31H34N6O3/c1-20-14-21(2)36-31(39)27(20)18-35-30(38)26-15-24(16-28(22(26)3)40-19-25-6-4-5-9-33-25)23-7-8-29(34-17-23)37-12-10-32-11-13-37/h4-9,14-17,32H,10-13,18-19H2,1-3H3,(H,35,38)(H,36,39). The van der Waals surface area contributed by atoms with Crippen molar-refractivity contribution in [1.29, 1.82) is 0 Å². The van der Waals surface area contributed by atoms with E-state index in [1.54, 1.807) is 6.20 Å². The van der Waals surface area contributed by atoms with E-state index in [2.05, 4.69) is 25.5 Å². The second-order valence-corrected chi connectivity index (χ2v) is 10.0. The van der Waals surface area contributed by atoms with Crippen LogP contribution in [0.15, 0.2) is 65.7 Å². The molecule has 1 aliphatic rings. The van der Waals surface area contributed by atoms with Gasteiger partial charge in [-0.2, -0.15) is 0 Å². The van der Waals surface area contributed by atoms with E-state index in [9.17, 15) is 9.59 Å². The monoisotopic (exact) mass is 538 g/mol. The Balaban J connectivity index is 1.44. The van der Waals surface area contributed by atoms with Gasteiger partial charge >= 0.3 is 0 Å². The number of piperazine rings is 1. The first-order valence-corrected chi connectivity index (χ1v) is 13.5. The average Bonchev–Trinajstić information content (AvgIpc) is 2.97. The molecule has 1 amide bonds. The van der Waals surface area contributed by atoms with E-state index in [1.165, 1.54) is 0 Å². The molecule has 0 bridgehead atoms. The number of carbonyl (C=O) groups excluding carboxylic acids is 1. The zero-order valence-electron chi connectivity index (χ0n) is 23.1. The lowest BCUT2D eigenvalue weighted by Crippen LogP contribution is -2.43. The number of pyridine rings is 3. The van der Waals surface area contributed by atoms with Crippen molar-refractivity contribution >= 4 is 11.7 Å². The molecule has 1 saturated heterocycles. The largest absolute Gasteiger partial charge is 0.487 e. The molecule has 0 radical (unpaired) electrons. The fourth-order valence-electron chi connectivity index (χ4n) is 4.88. The van der Waals surface area contributed by atoms with Crippen LogP contribution in [0.4, 0.5) is 5.82 Å². The number of nitrogens with one attached hydrogen (secondary N) is 3. The predicted octanol–water partition coefficient (Wildman–Crippen LogP) is 3.68. The van der Waals surface area contributed by atoms with Crippen molar-refractivity contribution in [3.05, 3.63) is 105 Å². The van der Waals surface area contributed by atoms with Crippen molar-refractivity contribution in [2.24, 2.45) is 0 Å². The van der Waals surface area contributed by atoms with Crippen LogP contribution in [0, 0.1) is 20.8 Å². The van der Waals surface area contributed by atoms with Crippen molar-refractivity contribution in [2.45, 2.75) is 33.9 Å². The first-order chi connectivity index (χ1) is 19.4. The highest BCUT2D eigenvalue weighted by atomic mass is 16.5. The van der Waals surface area contributed by atoms with E-state index in [0.717, 1.165) is 60.1 Å². The second-order valence-electron chi connectivity index (χ2n) is 10.0. The number of ether oxygens (including phenoxy) is 1. The van der Waals surface area contributed by atoms with Crippen molar-refractivity contribution in [3.8, 4) is 16.9 Å². The number of rotatable bonds is 8. The van der Waals surface area contributed by atoms with Crippen LogP contribution in [0.1, 0.15) is 38.4 Å². The number of aryl methyl sites for hydroxylation is 2. The van der Waals surface area contributed by atoms with E-state index >= 15 is 0 Å². The van der Waals surface area contributed by atoms with Crippen LogP contribution in [-0.4, -0.2) is 47.0 Å². The lowest BCUT2D eigenvalue weighted by atomic mass is 9.98. The molecule has 0 atom stereocenters. The Morgan fingerprint density at radius 3 is 2.55 bits per heavy atom. The summed E-state index contributed by atoms with van der Waals surface area (Å²) in [6, 6.07) is 15.4. The summed E-state index contributed by atoms with van der Waals surface area (Å²) in [6.45, 7) is 9.66. The fourth-order valence-corrected chi connectivity index (χ4v) is 4.88. The third-order valence-electron chi connectivity index (χ3n) is 7.15. The van der Waals surface area contributed by atoms with Gasteiger partial charge in [-0.25, -0.2) is 4.98 Å². The average molecular weight is 539 g/mol. The lowest BCUT2D eigenvalue weighted by Gasteiger charge is -2.28. The van der Waals surface area contributed by atoms with Gasteiger partial charge in [0.1, 0.15) is 18.2 Å². The van der Waals surface area contributed by atoms with Crippen LogP contribution in [0.3, 0.4) is 0 Å².